The fourth-order valence-electron chi connectivity index (χ4n) is 1.54. The molecule has 1 aromatic heterocycles. The van der Waals surface area contributed by atoms with Crippen LogP contribution in [0.1, 0.15) is 11.3 Å². The van der Waals surface area contributed by atoms with Crippen molar-refractivity contribution in [3.8, 4) is 0 Å². The van der Waals surface area contributed by atoms with Gasteiger partial charge in [0.15, 0.2) is 0 Å². The molecule has 0 saturated carbocycles. The van der Waals surface area contributed by atoms with Crippen LogP contribution in [0.2, 0.25) is 0 Å². The largest absolute Gasteiger partial charge is 0.370 e. The van der Waals surface area contributed by atoms with Crippen LogP contribution in [0.3, 0.4) is 0 Å². The number of hydrogen-bond acceptors (Lipinski definition) is 3. The molecular weight excluding hydrogens is 217 g/mol. The minimum absolute atomic E-state index is 0.201. The summed E-state index contributed by atoms with van der Waals surface area (Å²) >= 11 is 0. The third kappa shape index (κ3) is 3.52. The lowest BCUT2D eigenvalue weighted by atomic mass is 10.1. The van der Waals surface area contributed by atoms with Crippen molar-refractivity contribution in [1.29, 1.82) is 0 Å². The van der Waals surface area contributed by atoms with Crippen molar-refractivity contribution >= 4 is 5.82 Å². The molecule has 0 bridgehead atoms. The Balaban J connectivity index is 1.85. The smallest absolute Gasteiger partial charge is 0.129 e. The number of halogens is 1. The van der Waals surface area contributed by atoms with Gasteiger partial charge in [-0.1, -0.05) is 12.1 Å². The lowest BCUT2D eigenvalue weighted by molar-refractivity contribution is 0.627. The molecule has 3 nitrogen and oxygen atoms in total. The molecular formula is C13H14FN3. The first-order valence-corrected chi connectivity index (χ1v) is 5.51. The van der Waals surface area contributed by atoms with Gasteiger partial charge in [0.2, 0.25) is 0 Å². The molecule has 0 atom stereocenters. The van der Waals surface area contributed by atoms with Crippen LogP contribution in [0.25, 0.3) is 0 Å². The van der Waals surface area contributed by atoms with Crippen LogP contribution in [0.4, 0.5) is 10.2 Å². The quantitative estimate of drug-likeness (QED) is 0.878. The van der Waals surface area contributed by atoms with Gasteiger partial charge in [0.1, 0.15) is 18.0 Å². The molecule has 0 unspecified atom stereocenters. The SMILES string of the molecule is Cc1cc(NCCc2ccc(F)cc2)ncn1. The van der Waals surface area contributed by atoms with E-state index in [9.17, 15) is 4.39 Å². The second-order valence-corrected chi connectivity index (χ2v) is 3.85. The summed E-state index contributed by atoms with van der Waals surface area (Å²) in [5.74, 6) is 0.618. The number of aryl methyl sites for hydroxylation is 1. The van der Waals surface area contributed by atoms with Crippen LogP contribution in [0, 0.1) is 12.7 Å². The Bertz CT molecular complexity index is 482. The van der Waals surface area contributed by atoms with Crippen LogP contribution in [0.5, 0.6) is 0 Å². The summed E-state index contributed by atoms with van der Waals surface area (Å²) in [5.41, 5.74) is 2.04. The van der Waals surface area contributed by atoms with Crippen LogP contribution in [-0.4, -0.2) is 16.5 Å². The first-order chi connectivity index (χ1) is 8.24. The lowest BCUT2D eigenvalue weighted by Gasteiger charge is -2.05. The molecule has 0 aliphatic heterocycles. The molecule has 1 N–H and O–H groups in total. The summed E-state index contributed by atoms with van der Waals surface area (Å²) in [6, 6.07) is 8.43. The zero-order valence-electron chi connectivity index (χ0n) is 9.65. The van der Waals surface area contributed by atoms with Crippen molar-refractivity contribution in [2.45, 2.75) is 13.3 Å². The first kappa shape index (κ1) is 11.5. The molecule has 0 amide bonds. The maximum Gasteiger partial charge on any atom is 0.129 e. The van der Waals surface area contributed by atoms with Crippen molar-refractivity contribution in [3.05, 3.63) is 53.7 Å². The number of aromatic nitrogens is 2. The third-order valence-corrected chi connectivity index (χ3v) is 2.44. The van der Waals surface area contributed by atoms with E-state index in [4.69, 9.17) is 0 Å². The number of nitrogens with one attached hydrogen (secondary N) is 1. The van der Waals surface area contributed by atoms with Gasteiger partial charge in [-0.2, -0.15) is 0 Å². The zero-order valence-corrected chi connectivity index (χ0v) is 9.65. The number of rotatable bonds is 4. The van der Waals surface area contributed by atoms with Gasteiger partial charge in [0.25, 0.3) is 0 Å². The van der Waals surface area contributed by atoms with E-state index in [0.717, 1.165) is 30.0 Å². The minimum Gasteiger partial charge on any atom is -0.370 e. The second kappa shape index (κ2) is 5.39. The topological polar surface area (TPSA) is 37.8 Å². The summed E-state index contributed by atoms with van der Waals surface area (Å²) in [7, 11) is 0. The molecule has 4 heteroatoms. The number of anilines is 1. The zero-order chi connectivity index (χ0) is 12.1. The van der Waals surface area contributed by atoms with Gasteiger partial charge in [-0.3, -0.25) is 0 Å². The lowest BCUT2D eigenvalue weighted by Crippen LogP contribution is -2.06. The highest BCUT2D eigenvalue weighted by Gasteiger charge is 1.96. The molecule has 1 heterocycles. The van der Waals surface area contributed by atoms with E-state index in [1.807, 2.05) is 13.0 Å². The van der Waals surface area contributed by atoms with E-state index in [0.29, 0.717) is 0 Å². The van der Waals surface area contributed by atoms with Gasteiger partial charge < -0.3 is 5.32 Å². The van der Waals surface area contributed by atoms with E-state index in [2.05, 4.69) is 15.3 Å². The van der Waals surface area contributed by atoms with Crippen LogP contribution in [0.15, 0.2) is 36.7 Å². The van der Waals surface area contributed by atoms with Crippen LogP contribution in [-0.2, 0) is 6.42 Å². The summed E-state index contributed by atoms with van der Waals surface area (Å²) in [4.78, 5) is 8.13. The minimum atomic E-state index is -0.201. The van der Waals surface area contributed by atoms with E-state index in [1.54, 1.807) is 12.1 Å². The van der Waals surface area contributed by atoms with Gasteiger partial charge >= 0.3 is 0 Å². The summed E-state index contributed by atoms with van der Waals surface area (Å²) in [6.07, 6.45) is 2.37. The maximum absolute atomic E-state index is 12.7. The van der Waals surface area contributed by atoms with Gasteiger partial charge in [-0.15, -0.1) is 0 Å². The standard InChI is InChI=1S/C13H14FN3/c1-10-8-13(17-9-16-10)15-7-6-11-2-4-12(14)5-3-11/h2-5,8-9H,6-7H2,1H3,(H,15,16,17). The summed E-state index contributed by atoms with van der Waals surface area (Å²) < 4.78 is 12.7. The molecule has 0 aliphatic rings. The van der Waals surface area contributed by atoms with Gasteiger partial charge in [-0.25, -0.2) is 14.4 Å². The van der Waals surface area contributed by atoms with Crippen molar-refractivity contribution in [2.24, 2.45) is 0 Å². The highest BCUT2D eigenvalue weighted by atomic mass is 19.1. The fraction of sp³-hybridized carbons (Fsp3) is 0.231. The maximum atomic E-state index is 12.7. The number of hydrogen-bond donors (Lipinski definition) is 1. The molecule has 1 aromatic carbocycles. The molecule has 88 valence electrons. The fourth-order valence-corrected chi connectivity index (χ4v) is 1.54. The average molecular weight is 231 g/mol. The Morgan fingerprint density at radius 1 is 1.18 bits per heavy atom. The Kier molecular flexibility index (Phi) is 3.65. The number of nitrogens with zero attached hydrogens (tertiary/aromatic N) is 2. The van der Waals surface area contributed by atoms with Crippen molar-refractivity contribution in [1.82, 2.24) is 9.97 Å². The molecule has 0 aliphatic carbocycles. The normalized spacial score (nSPS) is 10.2. The predicted octanol–water partition coefficient (Wildman–Crippen LogP) is 2.58. The molecule has 2 rings (SSSR count). The van der Waals surface area contributed by atoms with E-state index >= 15 is 0 Å². The Labute approximate surface area is 99.7 Å². The van der Waals surface area contributed by atoms with Gasteiger partial charge in [-0.05, 0) is 31.0 Å². The third-order valence-electron chi connectivity index (χ3n) is 2.44. The Morgan fingerprint density at radius 3 is 2.65 bits per heavy atom. The van der Waals surface area contributed by atoms with Crippen molar-refractivity contribution < 1.29 is 4.39 Å². The molecule has 0 spiro atoms. The van der Waals surface area contributed by atoms with Crippen LogP contribution >= 0.6 is 0 Å². The molecule has 0 radical (unpaired) electrons. The predicted molar refractivity (Wildman–Crippen MR) is 65.4 cm³/mol. The average Bonchev–Trinajstić information content (AvgIpc) is 2.32. The molecule has 2 aromatic rings. The van der Waals surface area contributed by atoms with E-state index in [-0.39, 0.29) is 5.82 Å². The molecule has 17 heavy (non-hydrogen) atoms. The van der Waals surface area contributed by atoms with E-state index in [1.165, 1.54) is 18.5 Å². The number of benzene rings is 1. The van der Waals surface area contributed by atoms with Gasteiger partial charge in [0.05, 0.1) is 0 Å². The van der Waals surface area contributed by atoms with Gasteiger partial charge in [0, 0.05) is 18.3 Å². The Hall–Kier alpha value is -1.97. The Morgan fingerprint density at radius 2 is 1.94 bits per heavy atom. The van der Waals surface area contributed by atoms with E-state index < -0.39 is 0 Å². The summed E-state index contributed by atoms with van der Waals surface area (Å²) in [5, 5.41) is 3.20. The highest BCUT2D eigenvalue weighted by molar-refractivity contribution is 5.34. The monoisotopic (exact) mass is 231 g/mol. The molecule has 0 saturated heterocycles. The second-order valence-electron chi connectivity index (χ2n) is 3.85. The molecule has 0 fully saturated rings. The van der Waals surface area contributed by atoms with Crippen molar-refractivity contribution in [3.63, 3.8) is 0 Å². The summed E-state index contributed by atoms with van der Waals surface area (Å²) in [6.45, 7) is 2.69. The van der Waals surface area contributed by atoms with Crippen molar-refractivity contribution in [2.75, 3.05) is 11.9 Å². The first-order valence-electron chi connectivity index (χ1n) is 5.51. The van der Waals surface area contributed by atoms with Crippen LogP contribution < -0.4 is 5.32 Å². The highest BCUT2D eigenvalue weighted by Crippen LogP contribution is 2.05.